The molecule has 1 aromatic carbocycles. The van der Waals surface area contributed by atoms with Crippen LogP contribution in [0.25, 0.3) is 0 Å². The number of benzene rings is 1. The first-order valence-electron chi connectivity index (χ1n) is 9.32. The number of aliphatic hydroxyl groups excluding tert-OH is 1. The molecule has 3 heterocycles. The number of piperidine rings is 1. The van der Waals surface area contributed by atoms with Crippen LogP contribution in [0.3, 0.4) is 0 Å². The summed E-state index contributed by atoms with van der Waals surface area (Å²) in [6.07, 6.45) is 2.78. The summed E-state index contributed by atoms with van der Waals surface area (Å²) in [5.41, 5.74) is 1.16. The Morgan fingerprint density at radius 3 is 2.68 bits per heavy atom. The van der Waals surface area contributed by atoms with E-state index in [9.17, 15) is 5.11 Å². The molecule has 2 bridgehead atoms. The first-order valence-corrected chi connectivity index (χ1v) is 9.32. The van der Waals surface area contributed by atoms with Gasteiger partial charge in [0.1, 0.15) is 11.9 Å². The molecule has 0 amide bonds. The van der Waals surface area contributed by atoms with Crippen LogP contribution in [0.4, 0.5) is 0 Å². The highest BCUT2D eigenvalue weighted by Gasteiger charge is 2.51. The van der Waals surface area contributed by atoms with Crippen molar-refractivity contribution in [3.8, 4) is 5.75 Å². The van der Waals surface area contributed by atoms with Crippen LogP contribution >= 0.6 is 0 Å². The fourth-order valence-electron chi connectivity index (χ4n) is 4.24. The van der Waals surface area contributed by atoms with Crippen molar-refractivity contribution in [1.29, 1.82) is 0 Å². The van der Waals surface area contributed by atoms with E-state index in [4.69, 9.17) is 14.2 Å². The van der Waals surface area contributed by atoms with Crippen molar-refractivity contribution in [3.05, 3.63) is 29.8 Å². The number of nitrogens with one attached hydrogen (secondary N) is 1. The Labute approximate surface area is 149 Å². The van der Waals surface area contributed by atoms with E-state index in [1.165, 1.54) is 19.3 Å². The molecule has 3 aliphatic rings. The lowest BCUT2D eigenvalue weighted by atomic mass is 9.93. The van der Waals surface area contributed by atoms with E-state index in [0.29, 0.717) is 13.2 Å². The van der Waals surface area contributed by atoms with Gasteiger partial charge in [-0.2, -0.15) is 0 Å². The fraction of sp³-hybridized carbons (Fsp3) is 0.684. The third-order valence-corrected chi connectivity index (χ3v) is 5.64. The van der Waals surface area contributed by atoms with E-state index in [2.05, 4.69) is 10.2 Å². The maximum Gasteiger partial charge on any atom is 0.176 e. The summed E-state index contributed by atoms with van der Waals surface area (Å²) in [4.78, 5) is 2.35. The van der Waals surface area contributed by atoms with Crippen LogP contribution in [0.1, 0.15) is 24.8 Å². The molecule has 2 N–H and O–H groups in total. The highest BCUT2D eigenvalue weighted by molar-refractivity contribution is 5.27. The minimum Gasteiger partial charge on any atom is -0.497 e. The molecule has 0 aromatic heterocycles. The average molecular weight is 348 g/mol. The van der Waals surface area contributed by atoms with Crippen molar-refractivity contribution in [3.63, 3.8) is 0 Å². The van der Waals surface area contributed by atoms with Gasteiger partial charge in [0.25, 0.3) is 0 Å². The van der Waals surface area contributed by atoms with Crippen molar-refractivity contribution in [2.75, 3.05) is 26.8 Å². The van der Waals surface area contributed by atoms with Gasteiger partial charge in [-0.25, -0.2) is 0 Å². The van der Waals surface area contributed by atoms with E-state index < -0.39 is 6.10 Å². The zero-order chi connectivity index (χ0) is 17.2. The number of hydrogen-bond acceptors (Lipinski definition) is 6. The van der Waals surface area contributed by atoms with Crippen molar-refractivity contribution < 1.29 is 19.3 Å². The van der Waals surface area contributed by atoms with Gasteiger partial charge < -0.3 is 24.6 Å². The molecule has 0 aliphatic carbocycles. The first-order chi connectivity index (χ1) is 12.3. The maximum atomic E-state index is 11.0. The standard InChI is InChI=1S/C19H28N2O4/c1-23-14-7-5-13(6-8-14)11-20-16-15-12-24-19(25-15)17(18(16)22)21-9-3-2-4-10-21/h5-8,15-20,22H,2-4,9-12H2,1H3/t15-,16-,17+,18-,19+/m0/s1. The Morgan fingerprint density at radius 1 is 1.20 bits per heavy atom. The fourth-order valence-corrected chi connectivity index (χ4v) is 4.24. The van der Waals surface area contributed by atoms with Crippen LogP contribution < -0.4 is 10.1 Å². The second-order valence-corrected chi connectivity index (χ2v) is 7.21. The van der Waals surface area contributed by atoms with Crippen LogP contribution in [0.15, 0.2) is 24.3 Å². The quantitative estimate of drug-likeness (QED) is 0.832. The largest absolute Gasteiger partial charge is 0.497 e. The molecule has 5 atom stereocenters. The van der Waals surface area contributed by atoms with Crippen LogP contribution in [0.5, 0.6) is 5.75 Å². The molecule has 25 heavy (non-hydrogen) atoms. The zero-order valence-electron chi connectivity index (χ0n) is 14.8. The second kappa shape index (κ2) is 7.60. The third kappa shape index (κ3) is 3.55. The van der Waals surface area contributed by atoms with Gasteiger partial charge in [-0.05, 0) is 43.6 Å². The number of likely N-dealkylation sites (tertiary alicyclic amines) is 1. The number of hydrogen-bond donors (Lipinski definition) is 2. The van der Waals surface area contributed by atoms with Gasteiger partial charge in [0.2, 0.25) is 0 Å². The van der Waals surface area contributed by atoms with Crippen LogP contribution in [0, 0.1) is 0 Å². The molecule has 3 aliphatic heterocycles. The first kappa shape index (κ1) is 17.2. The molecule has 1 aromatic rings. The van der Waals surface area contributed by atoms with Crippen LogP contribution in [0.2, 0.25) is 0 Å². The van der Waals surface area contributed by atoms with E-state index in [1.807, 2.05) is 24.3 Å². The predicted molar refractivity (Wildman–Crippen MR) is 93.5 cm³/mol. The number of rotatable bonds is 5. The molecule has 138 valence electrons. The highest BCUT2D eigenvalue weighted by Crippen LogP contribution is 2.32. The summed E-state index contributed by atoms with van der Waals surface area (Å²) >= 11 is 0. The van der Waals surface area contributed by atoms with Crippen LogP contribution in [-0.4, -0.2) is 67.4 Å². The monoisotopic (exact) mass is 348 g/mol. The van der Waals surface area contributed by atoms with Gasteiger partial charge in [-0.3, -0.25) is 4.90 Å². The Bertz CT molecular complexity index is 561. The third-order valence-electron chi connectivity index (χ3n) is 5.64. The molecule has 0 saturated carbocycles. The number of aliphatic hydroxyl groups is 1. The summed E-state index contributed by atoms with van der Waals surface area (Å²) in [5.74, 6) is 0.849. The summed E-state index contributed by atoms with van der Waals surface area (Å²) in [5, 5.41) is 14.5. The van der Waals surface area contributed by atoms with Crippen molar-refractivity contribution in [2.45, 2.75) is 56.4 Å². The van der Waals surface area contributed by atoms with Gasteiger partial charge in [-0.1, -0.05) is 18.6 Å². The normalized spacial score (nSPS) is 35.7. The Kier molecular flexibility index (Phi) is 5.24. The molecule has 4 rings (SSSR count). The van der Waals surface area contributed by atoms with Gasteiger partial charge in [0, 0.05) is 6.54 Å². The summed E-state index contributed by atoms with van der Waals surface area (Å²) in [7, 11) is 1.67. The SMILES string of the molecule is COc1ccc(CN[C@@H]2[C@H](O)[C@@H](N3CCCCC3)[C@@H]3OC[C@@H]2O3)cc1. The predicted octanol–water partition coefficient (Wildman–Crippen LogP) is 1.12. The highest BCUT2D eigenvalue weighted by atomic mass is 16.7. The molecule has 6 heteroatoms. The molecule has 0 unspecified atom stereocenters. The van der Waals surface area contributed by atoms with Gasteiger partial charge in [-0.15, -0.1) is 0 Å². The summed E-state index contributed by atoms with van der Waals surface area (Å²) in [6, 6.07) is 7.79. The second-order valence-electron chi connectivity index (χ2n) is 7.21. The zero-order valence-corrected chi connectivity index (χ0v) is 14.8. The van der Waals surface area contributed by atoms with Gasteiger partial charge in [0.05, 0.1) is 31.9 Å². The van der Waals surface area contributed by atoms with E-state index in [0.717, 1.165) is 24.4 Å². The Hall–Kier alpha value is -1.18. The van der Waals surface area contributed by atoms with E-state index in [-0.39, 0.29) is 24.5 Å². The minimum absolute atomic E-state index is 0.0765. The average Bonchev–Trinajstić information content (AvgIpc) is 3.08. The molecular weight excluding hydrogens is 320 g/mol. The van der Waals surface area contributed by atoms with E-state index >= 15 is 0 Å². The lowest BCUT2D eigenvalue weighted by Crippen LogP contribution is -2.64. The van der Waals surface area contributed by atoms with Crippen molar-refractivity contribution in [1.82, 2.24) is 10.2 Å². The Balaban J connectivity index is 1.42. The molecule has 3 fully saturated rings. The van der Waals surface area contributed by atoms with Crippen molar-refractivity contribution >= 4 is 0 Å². The Morgan fingerprint density at radius 2 is 1.96 bits per heavy atom. The summed E-state index contributed by atoms with van der Waals surface area (Å²) in [6.45, 7) is 3.26. The molecule has 6 nitrogen and oxygen atoms in total. The van der Waals surface area contributed by atoms with Crippen molar-refractivity contribution in [2.24, 2.45) is 0 Å². The lowest BCUT2D eigenvalue weighted by molar-refractivity contribution is -0.184. The number of ether oxygens (including phenoxy) is 3. The molecule has 0 spiro atoms. The summed E-state index contributed by atoms with van der Waals surface area (Å²) < 4.78 is 17.1. The maximum absolute atomic E-state index is 11.0. The molecular formula is C19H28N2O4. The topological polar surface area (TPSA) is 63.2 Å². The number of nitrogens with zero attached hydrogens (tertiary/aromatic N) is 1. The van der Waals surface area contributed by atoms with Gasteiger partial charge in [0.15, 0.2) is 6.29 Å². The molecule has 3 saturated heterocycles. The number of fused-ring (bicyclic) bond motifs is 2. The lowest BCUT2D eigenvalue weighted by Gasteiger charge is -2.45. The van der Waals surface area contributed by atoms with E-state index in [1.54, 1.807) is 7.11 Å². The number of methoxy groups -OCH3 is 1. The van der Waals surface area contributed by atoms with Gasteiger partial charge >= 0.3 is 0 Å². The minimum atomic E-state index is -0.484. The molecule has 0 radical (unpaired) electrons. The smallest absolute Gasteiger partial charge is 0.176 e. The van der Waals surface area contributed by atoms with Crippen LogP contribution in [-0.2, 0) is 16.0 Å².